The predicted molar refractivity (Wildman–Crippen MR) is 112 cm³/mol. The highest BCUT2D eigenvalue weighted by Crippen LogP contribution is 2.23. The maximum Gasteiger partial charge on any atom is 0.138 e. The van der Waals surface area contributed by atoms with Crippen LogP contribution < -0.4 is 14.8 Å². The SMILES string of the molecule is CC(C)N[C@@H](C)COc1ccc(CN2C[C@H](Oc3cc(F)cc(F)c3)[C@@H](O)C2)cc1. The molecular weight excluding hydrogens is 390 g/mol. The highest BCUT2D eigenvalue weighted by atomic mass is 19.1. The number of benzene rings is 2. The highest BCUT2D eigenvalue weighted by Gasteiger charge is 2.33. The van der Waals surface area contributed by atoms with Gasteiger partial charge >= 0.3 is 0 Å². The molecule has 2 aromatic rings. The second-order valence-corrected chi connectivity index (χ2v) is 8.20. The highest BCUT2D eigenvalue weighted by molar-refractivity contribution is 5.28. The molecule has 1 heterocycles. The van der Waals surface area contributed by atoms with E-state index in [1.54, 1.807) is 0 Å². The van der Waals surface area contributed by atoms with Gasteiger partial charge in [-0.1, -0.05) is 26.0 Å². The van der Waals surface area contributed by atoms with Crippen LogP contribution in [0.25, 0.3) is 0 Å². The largest absolute Gasteiger partial charge is 0.492 e. The van der Waals surface area contributed by atoms with Gasteiger partial charge in [-0.05, 0) is 24.6 Å². The minimum absolute atomic E-state index is 0.0843. The van der Waals surface area contributed by atoms with E-state index in [0.29, 0.717) is 32.3 Å². The minimum atomic E-state index is -0.728. The van der Waals surface area contributed by atoms with Gasteiger partial charge in [-0.15, -0.1) is 0 Å². The zero-order chi connectivity index (χ0) is 21.7. The van der Waals surface area contributed by atoms with Crippen molar-refractivity contribution in [3.8, 4) is 11.5 Å². The molecule has 164 valence electrons. The van der Waals surface area contributed by atoms with Gasteiger partial charge in [-0.25, -0.2) is 8.78 Å². The molecule has 1 fully saturated rings. The molecule has 7 heteroatoms. The smallest absolute Gasteiger partial charge is 0.138 e. The summed E-state index contributed by atoms with van der Waals surface area (Å²) in [5.41, 5.74) is 1.08. The van der Waals surface area contributed by atoms with Crippen molar-refractivity contribution in [1.29, 1.82) is 0 Å². The maximum absolute atomic E-state index is 13.3. The standard InChI is InChI=1S/C23H30F2N2O3/c1-15(2)26-16(3)14-29-20-6-4-17(5-7-20)11-27-12-22(28)23(13-27)30-21-9-18(24)8-19(25)10-21/h4-10,15-16,22-23,26,28H,11-14H2,1-3H3/t16-,22-,23-/m0/s1. The molecule has 1 saturated heterocycles. The molecule has 0 bridgehead atoms. The lowest BCUT2D eigenvalue weighted by molar-refractivity contribution is 0.0732. The van der Waals surface area contributed by atoms with E-state index in [4.69, 9.17) is 9.47 Å². The van der Waals surface area contributed by atoms with Gasteiger partial charge in [0.2, 0.25) is 0 Å². The normalized spacial score (nSPS) is 20.5. The number of rotatable bonds is 9. The number of likely N-dealkylation sites (tertiary alicyclic amines) is 1. The Morgan fingerprint density at radius 3 is 2.33 bits per heavy atom. The van der Waals surface area contributed by atoms with Crippen molar-refractivity contribution in [2.24, 2.45) is 0 Å². The topological polar surface area (TPSA) is 54.0 Å². The molecule has 0 amide bonds. The fourth-order valence-electron chi connectivity index (χ4n) is 3.64. The van der Waals surface area contributed by atoms with Crippen LogP contribution in [0.15, 0.2) is 42.5 Å². The third-order valence-electron chi connectivity index (χ3n) is 4.88. The fourth-order valence-corrected chi connectivity index (χ4v) is 3.64. The molecule has 1 aliphatic heterocycles. The number of halogens is 2. The molecule has 3 atom stereocenters. The molecule has 2 aromatic carbocycles. The van der Waals surface area contributed by atoms with Crippen molar-refractivity contribution in [3.05, 3.63) is 59.7 Å². The molecule has 2 N–H and O–H groups in total. The van der Waals surface area contributed by atoms with Crippen molar-refractivity contribution in [1.82, 2.24) is 10.2 Å². The molecule has 0 unspecified atom stereocenters. The first-order valence-corrected chi connectivity index (χ1v) is 10.3. The Kier molecular flexibility index (Phi) is 7.64. The molecule has 3 rings (SSSR count). The third kappa shape index (κ3) is 6.65. The lowest BCUT2D eigenvalue weighted by Crippen LogP contribution is -2.36. The van der Waals surface area contributed by atoms with Crippen LogP contribution in [-0.4, -0.2) is 54.0 Å². The number of nitrogens with zero attached hydrogens (tertiary/aromatic N) is 1. The van der Waals surface area contributed by atoms with Crippen molar-refractivity contribution in [2.45, 2.75) is 51.6 Å². The average molecular weight is 421 g/mol. The zero-order valence-corrected chi connectivity index (χ0v) is 17.6. The average Bonchev–Trinajstić information content (AvgIpc) is 2.98. The molecule has 0 spiro atoms. The summed E-state index contributed by atoms with van der Waals surface area (Å²) in [6.45, 7) is 8.42. The second kappa shape index (κ2) is 10.2. The molecule has 0 saturated carbocycles. The zero-order valence-electron chi connectivity index (χ0n) is 17.6. The van der Waals surface area contributed by atoms with Crippen LogP contribution in [0.2, 0.25) is 0 Å². The van der Waals surface area contributed by atoms with E-state index < -0.39 is 23.8 Å². The van der Waals surface area contributed by atoms with E-state index in [2.05, 4.69) is 31.0 Å². The van der Waals surface area contributed by atoms with E-state index in [9.17, 15) is 13.9 Å². The Morgan fingerprint density at radius 2 is 1.70 bits per heavy atom. The number of aliphatic hydroxyl groups is 1. The van der Waals surface area contributed by atoms with Gasteiger partial charge in [0.05, 0.1) is 0 Å². The van der Waals surface area contributed by atoms with Crippen LogP contribution in [0.3, 0.4) is 0 Å². The number of hydrogen-bond acceptors (Lipinski definition) is 5. The van der Waals surface area contributed by atoms with Gasteiger partial charge in [-0.3, -0.25) is 4.90 Å². The van der Waals surface area contributed by atoms with Crippen LogP contribution in [0.4, 0.5) is 8.78 Å². The quantitative estimate of drug-likeness (QED) is 0.652. The third-order valence-corrected chi connectivity index (χ3v) is 4.88. The van der Waals surface area contributed by atoms with Gasteiger partial charge < -0.3 is 19.9 Å². The van der Waals surface area contributed by atoms with Gasteiger partial charge in [0, 0.05) is 49.9 Å². The van der Waals surface area contributed by atoms with E-state index in [0.717, 1.165) is 29.5 Å². The van der Waals surface area contributed by atoms with Crippen molar-refractivity contribution in [2.75, 3.05) is 19.7 Å². The van der Waals surface area contributed by atoms with Crippen LogP contribution >= 0.6 is 0 Å². The fraction of sp³-hybridized carbons (Fsp3) is 0.478. The van der Waals surface area contributed by atoms with E-state index in [1.807, 2.05) is 24.3 Å². The summed E-state index contributed by atoms with van der Waals surface area (Å²) >= 11 is 0. The number of hydrogen-bond donors (Lipinski definition) is 2. The Bertz CT molecular complexity index is 796. The van der Waals surface area contributed by atoms with Gasteiger partial charge in [0.1, 0.15) is 41.9 Å². The van der Waals surface area contributed by atoms with E-state index in [1.165, 1.54) is 0 Å². The molecule has 30 heavy (non-hydrogen) atoms. The summed E-state index contributed by atoms with van der Waals surface area (Å²) in [6, 6.07) is 11.6. The summed E-state index contributed by atoms with van der Waals surface area (Å²) in [5, 5.41) is 13.7. The Balaban J connectivity index is 1.49. The summed E-state index contributed by atoms with van der Waals surface area (Å²) in [4.78, 5) is 2.05. The van der Waals surface area contributed by atoms with Gasteiger partial charge in [-0.2, -0.15) is 0 Å². The van der Waals surface area contributed by atoms with E-state index in [-0.39, 0.29) is 11.8 Å². The van der Waals surface area contributed by atoms with Crippen molar-refractivity contribution in [3.63, 3.8) is 0 Å². The van der Waals surface area contributed by atoms with Crippen LogP contribution in [0.5, 0.6) is 11.5 Å². The van der Waals surface area contributed by atoms with Crippen LogP contribution in [0, 0.1) is 11.6 Å². The molecule has 5 nitrogen and oxygen atoms in total. The van der Waals surface area contributed by atoms with Gasteiger partial charge in [0.15, 0.2) is 0 Å². The molecule has 1 aliphatic rings. The second-order valence-electron chi connectivity index (χ2n) is 8.20. The summed E-state index contributed by atoms with van der Waals surface area (Å²) < 4.78 is 38.1. The van der Waals surface area contributed by atoms with Crippen LogP contribution in [0.1, 0.15) is 26.3 Å². The van der Waals surface area contributed by atoms with Crippen LogP contribution in [-0.2, 0) is 6.54 Å². The summed E-state index contributed by atoms with van der Waals surface area (Å²) in [6.07, 6.45) is -1.27. The molecule has 0 radical (unpaired) electrons. The van der Waals surface area contributed by atoms with Gasteiger partial charge in [0.25, 0.3) is 0 Å². The maximum atomic E-state index is 13.3. The number of aliphatic hydroxyl groups excluding tert-OH is 1. The lowest BCUT2D eigenvalue weighted by Gasteiger charge is -2.18. The summed E-state index contributed by atoms with van der Waals surface area (Å²) in [7, 11) is 0. The monoisotopic (exact) mass is 420 g/mol. The minimum Gasteiger partial charge on any atom is -0.492 e. The Morgan fingerprint density at radius 1 is 1.03 bits per heavy atom. The van der Waals surface area contributed by atoms with Crippen molar-refractivity contribution >= 4 is 0 Å². The lowest BCUT2D eigenvalue weighted by atomic mass is 10.2. The first-order valence-electron chi connectivity index (χ1n) is 10.3. The van der Waals surface area contributed by atoms with Crippen molar-refractivity contribution < 1.29 is 23.4 Å². The molecular formula is C23H30F2N2O3. The predicted octanol–water partition coefficient (Wildman–Crippen LogP) is 3.35. The summed E-state index contributed by atoms with van der Waals surface area (Å²) in [5.74, 6) is -0.509. The molecule has 0 aromatic heterocycles. The number of β-amino-alcohol motifs (C(OH)–C–C–N with tert-alkyl or cyclic N) is 1. The Labute approximate surface area is 176 Å². The first kappa shape index (κ1) is 22.5. The van der Waals surface area contributed by atoms with E-state index >= 15 is 0 Å². The first-order chi connectivity index (χ1) is 14.3. The Hall–Kier alpha value is -2.22. The number of ether oxygens (including phenoxy) is 2. The molecule has 0 aliphatic carbocycles. The number of nitrogens with one attached hydrogen (secondary N) is 1.